The number of carboxylic acids is 1. The first-order chi connectivity index (χ1) is 12.8. The fraction of sp³-hybridized carbons (Fsp3) is 0.368. The van der Waals surface area contributed by atoms with E-state index in [1.165, 1.54) is 16.8 Å². The van der Waals surface area contributed by atoms with E-state index < -0.39 is 35.7 Å². The molecule has 0 fully saturated rings. The second-order valence-electron chi connectivity index (χ2n) is 6.72. The van der Waals surface area contributed by atoms with Crippen LogP contribution in [-0.2, 0) is 22.7 Å². The molecule has 0 saturated heterocycles. The van der Waals surface area contributed by atoms with E-state index in [9.17, 15) is 24.3 Å². The lowest BCUT2D eigenvalue weighted by atomic mass is 10.0. The molecule has 0 aliphatic rings. The number of aliphatic carboxylic acids is 1. The van der Waals surface area contributed by atoms with Crippen molar-refractivity contribution in [3.63, 3.8) is 0 Å². The molecule has 0 bridgehead atoms. The molecule has 27 heavy (non-hydrogen) atoms. The lowest BCUT2D eigenvalue weighted by Crippen LogP contribution is -2.47. The molecule has 8 nitrogen and oxygen atoms in total. The Labute approximate surface area is 156 Å². The zero-order valence-electron chi connectivity index (χ0n) is 15.3. The number of carbonyl (C=O) groups excluding carboxylic acids is 1. The SMILES string of the molecule is CC(C)CC(NC(=O)Cn1c(=O)ccn(Cc2ccccc2)c1=O)C(=O)O. The Balaban J connectivity index is 2.19. The summed E-state index contributed by atoms with van der Waals surface area (Å²) in [5, 5.41) is 11.6. The molecule has 2 rings (SSSR count). The topological polar surface area (TPSA) is 110 Å². The van der Waals surface area contributed by atoms with Gasteiger partial charge in [0.15, 0.2) is 0 Å². The fourth-order valence-corrected chi connectivity index (χ4v) is 2.68. The first-order valence-corrected chi connectivity index (χ1v) is 8.64. The van der Waals surface area contributed by atoms with Crippen LogP contribution in [0.5, 0.6) is 0 Å². The van der Waals surface area contributed by atoms with Crippen molar-refractivity contribution in [2.45, 2.75) is 39.4 Å². The Morgan fingerprint density at radius 1 is 1.11 bits per heavy atom. The Morgan fingerprint density at radius 3 is 2.37 bits per heavy atom. The summed E-state index contributed by atoms with van der Waals surface area (Å²) >= 11 is 0. The Kier molecular flexibility index (Phi) is 6.70. The summed E-state index contributed by atoms with van der Waals surface area (Å²) in [7, 11) is 0. The second-order valence-corrected chi connectivity index (χ2v) is 6.72. The van der Waals surface area contributed by atoms with Crippen LogP contribution in [0.2, 0.25) is 0 Å². The van der Waals surface area contributed by atoms with Gasteiger partial charge < -0.3 is 10.4 Å². The van der Waals surface area contributed by atoms with Gasteiger partial charge in [0.1, 0.15) is 12.6 Å². The standard InChI is InChI=1S/C19H23N3O5/c1-13(2)10-15(18(25)26)20-16(23)12-22-17(24)8-9-21(19(22)27)11-14-6-4-3-5-7-14/h3-9,13,15H,10-12H2,1-2H3,(H,20,23)(H,25,26). The molecule has 0 radical (unpaired) electrons. The number of carboxylic acid groups (broad SMARTS) is 1. The zero-order chi connectivity index (χ0) is 20.0. The van der Waals surface area contributed by atoms with Gasteiger partial charge in [0.05, 0.1) is 6.54 Å². The second kappa shape index (κ2) is 8.98. The van der Waals surface area contributed by atoms with Gasteiger partial charge in [-0.2, -0.15) is 0 Å². The maximum atomic E-state index is 12.6. The smallest absolute Gasteiger partial charge is 0.331 e. The highest BCUT2D eigenvalue weighted by atomic mass is 16.4. The van der Waals surface area contributed by atoms with Crippen LogP contribution >= 0.6 is 0 Å². The van der Waals surface area contributed by atoms with E-state index in [4.69, 9.17) is 0 Å². The van der Waals surface area contributed by atoms with Crippen molar-refractivity contribution in [1.82, 2.24) is 14.5 Å². The molecule has 2 aromatic rings. The van der Waals surface area contributed by atoms with Crippen LogP contribution in [0.25, 0.3) is 0 Å². The molecule has 0 aliphatic heterocycles. The van der Waals surface area contributed by atoms with Gasteiger partial charge in [-0.25, -0.2) is 9.59 Å². The maximum absolute atomic E-state index is 12.6. The van der Waals surface area contributed by atoms with E-state index in [1.54, 1.807) is 0 Å². The summed E-state index contributed by atoms with van der Waals surface area (Å²) in [5.74, 6) is -1.78. The number of nitrogens with zero attached hydrogens (tertiary/aromatic N) is 2. The van der Waals surface area contributed by atoms with Gasteiger partial charge in [-0.15, -0.1) is 0 Å². The van der Waals surface area contributed by atoms with Gasteiger partial charge in [-0.3, -0.25) is 18.7 Å². The van der Waals surface area contributed by atoms with Gasteiger partial charge >= 0.3 is 11.7 Å². The minimum atomic E-state index is -1.15. The predicted molar refractivity (Wildman–Crippen MR) is 99.5 cm³/mol. The molecule has 1 heterocycles. The van der Waals surface area contributed by atoms with Crippen molar-refractivity contribution in [1.29, 1.82) is 0 Å². The van der Waals surface area contributed by atoms with Crippen LogP contribution in [0, 0.1) is 5.92 Å². The molecule has 144 valence electrons. The number of rotatable bonds is 8. The van der Waals surface area contributed by atoms with Gasteiger partial charge in [0.2, 0.25) is 5.91 Å². The molecule has 8 heteroatoms. The Bertz CT molecular complexity index is 915. The molecular weight excluding hydrogens is 350 g/mol. The van der Waals surface area contributed by atoms with Crippen molar-refractivity contribution in [2.75, 3.05) is 0 Å². The van der Waals surface area contributed by atoms with E-state index in [2.05, 4.69) is 5.32 Å². The minimum Gasteiger partial charge on any atom is -0.480 e. The van der Waals surface area contributed by atoms with E-state index in [0.717, 1.165) is 10.1 Å². The third kappa shape index (κ3) is 5.67. The third-order valence-electron chi connectivity index (χ3n) is 3.98. The average Bonchev–Trinajstić information content (AvgIpc) is 2.61. The van der Waals surface area contributed by atoms with Crippen LogP contribution in [-0.4, -0.2) is 32.2 Å². The lowest BCUT2D eigenvalue weighted by Gasteiger charge is -2.17. The molecule has 2 N–H and O–H groups in total. The zero-order valence-corrected chi connectivity index (χ0v) is 15.3. The summed E-state index contributed by atoms with van der Waals surface area (Å²) in [4.78, 5) is 48.1. The van der Waals surface area contributed by atoms with E-state index in [0.29, 0.717) is 0 Å². The van der Waals surface area contributed by atoms with Crippen LogP contribution < -0.4 is 16.6 Å². The lowest BCUT2D eigenvalue weighted by molar-refractivity contribution is -0.142. The summed E-state index contributed by atoms with van der Waals surface area (Å²) in [6.45, 7) is 3.40. The van der Waals surface area contributed by atoms with Gasteiger partial charge in [0, 0.05) is 12.3 Å². The predicted octanol–water partition coefficient (Wildman–Crippen LogP) is 0.674. The minimum absolute atomic E-state index is 0.0638. The van der Waals surface area contributed by atoms with Gasteiger partial charge in [0.25, 0.3) is 5.56 Å². The molecule has 1 unspecified atom stereocenters. The Hall–Kier alpha value is -3.16. The van der Waals surface area contributed by atoms with Crippen LogP contribution in [0.4, 0.5) is 0 Å². The molecule has 0 saturated carbocycles. The van der Waals surface area contributed by atoms with Crippen LogP contribution in [0.3, 0.4) is 0 Å². The van der Waals surface area contributed by atoms with Crippen LogP contribution in [0.15, 0.2) is 52.2 Å². The van der Waals surface area contributed by atoms with Gasteiger partial charge in [-0.05, 0) is 17.9 Å². The molecule has 1 aromatic carbocycles. The number of carbonyl (C=O) groups is 2. The number of hydrogen-bond donors (Lipinski definition) is 2. The first-order valence-electron chi connectivity index (χ1n) is 8.64. The molecule has 0 aliphatic carbocycles. The number of nitrogens with one attached hydrogen (secondary N) is 1. The van der Waals surface area contributed by atoms with E-state index >= 15 is 0 Å². The molecular formula is C19H23N3O5. The highest BCUT2D eigenvalue weighted by molar-refractivity contribution is 5.83. The van der Waals surface area contributed by atoms with E-state index in [1.807, 2.05) is 44.2 Å². The number of hydrogen-bond acceptors (Lipinski definition) is 4. The average molecular weight is 373 g/mol. The molecule has 1 atom stereocenters. The fourth-order valence-electron chi connectivity index (χ4n) is 2.68. The molecule has 0 spiro atoms. The summed E-state index contributed by atoms with van der Waals surface area (Å²) < 4.78 is 2.12. The van der Waals surface area contributed by atoms with Crippen molar-refractivity contribution in [2.24, 2.45) is 5.92 Å². The maximum Gasteiger partial charge on any atom is 0.331 e. The summed E-state index contributed by atoms with van der Waals surface area (Å²) in [6.07, 6.45) is 1.63. The normalized spacial score (nSPS) is 12.0. The van der Waals surface area contributed by atoms with Crippen LogP contribution in [0.1, 0.15) is 25.8 Å². The highest BCUT2D eigenvalue weighted by Gasteiger charge is 2.21. The largest absolute Gasteiger partial charge is 0.480 e. The third-order valence-corrected chi connectivity index (χ3v) is 3.98. The molecule has 1 aromatic heterocycles. The van der Waals surface area contributed by atoms with Gasteiger partial charge in [-0.1, -0.05) is 44.2 Å². The molecule has 1 amide bonds. The first kappa shape index (κ1) is 20.2. The van der Waals surface area contributed by atoms with Crippen molar-refractivity contribution < 1.29 is 14.7 Å². The van der Waals surface area contributed by atoms with Crippen molar-refractivity contribution >= 4 is 11.9 Å². The number of aromatic nitrogens is 2. The number of amides is 1. The summed E-state index contributed by atoms with van der Waals surface area (Å²) in [5.41, 5.74) is -0.371. The number of benzene rings is 1. The quantitative estimate of drug-likeness (QED) is 0.707. The summed E-state index contributed by atoms with van der Waals surface area (Å²) in [6, 6.07) is 9.36. The Morgan fingerprint density at radius 2 is 1.78 bits per heavy atom. The monoisotopic (exact) mass is 373 g/mol. The highest BCUT2D eigenvalue weighted by Crippen LogP contribution is 2.05. The van der Waals surface area contributed by atoms with Crippen molar-refractivity contribution in [3.8, 4) is 0 Å². The van der Waals surface area contributed by atoms with Crippen molar-refractivity contribution in [3.05, 3.63) is 69.0 Å². The van der Waals surface area contributed by atoms with E-state index in [-0.39, 0.29) is 18.9 Å².